The van der Waals surface area contributed by atoms with E-state index in [2.05, 4.69) is 32.6 Å². The van der Waals surface area contributed by atoms with Gasteiger partial charge in [-0.2, -0.15) is 0 Å². The lowest BCUT2D eigenvalue weighted by molar-refractivity contribution is 0.0880. The zero-order valence-corrected chi connectivity index (χ0v) is 18.8. The predicted octanol–water partition coefficient (Wildman–Crippen LogP) is 3.16. The van der Waals surface area contributed by atoms with Crippen LogP contribution in [-0.2, 0) is 4.74 Å². The third kappa shape index (κ3) is 7.50. The highest BCUT2D eigenvalue weighted by molar-refractivity contribution is 6.31. The number of rotatable bonds is 11. The van der Waals surface area contributed by atoms with Crippen molar-refractivity contribution in [3.05, 3.63) is 34.9 Å². The molecular formula is C23H39ClN4O. The summed E-state index contributed by atoms with van der Waals surface area (Å²) >= 11 is 6.55. The number of hydrogen-bond acceptors (Lipinski definition) is 5. The molecule has 1 aromatic carbocycles. The zero-order chi connectivity index (χ0) is 20.3. The van der Waals surface area contributed by atoms with Crippen molar-refractivity contribution in [1.82, 2.24) is 20.4 Å². The number of halogens is 1. The molecule has 0 bridgehead atoms. The van der Waals surface area contributed by atoms with Crippen LogP contribution in [0.1, 0.15) is 43.7 Å². The van der Waals surface area contributed by atoms with Gasteiger partial charge in [-0.05, 0) is 63.5 Å². The molecule has 3 rings (SSSR count). The molecule has 2 aliphatic rings. The van der Waals surface area contributed by atoms with E-state index in [1.54, 1.807) is 7.11 Å². The molecule has 0 aliphatic carbocycles. The normalized spacial score (nSPS) is 20.8. The van der Waals surface area contributed by atoms with E-state index in [1.165, 1.54) is 63.8 Å². The highest BCUT2D eigenvalue weighted by Gasteiger charge is 2.27. The Balaban J connectivity index is 1.49. The number of nitrogens with one attached hydrogen (secondary N) is 2. The maximum atomic E-state index is 6.55. The van der Waals surface area contributed by atoms with Crippen molar-refractivity contribution in [2.75, 3.05) is 66.1 Å². The molecule has 6 heteroatoms. The molecule has 1 unspecified atom stereocenters. The van der Waals surface area contributed by atoms with Crippen molar-refractivity contribution >= 4 is 11.6 Å². The van der Waals surface area contributed by atoms with Crippen molar-refractivity contribution in [3.63, 3.8) is 0 Å². The average Bonchev–Trinajstić information content (AvgIpc) is 2.77. The number of piperidine rings is 2. The topological polar surface area (TPSA) is 39.8 Å². The second-order valence-corrected chi connectivity index (χ2v) is 8.81. The van der Waals surface area contributed by atoms with Crippen LogP contribution in [0.5, 0.6) is 0 Å². The molecule has 1 atom stereocenters. The van der Waals surface area contributed by atoms with Gasteiger partial charge in [0.2, 0.25) is 0 Å². The summed E-state index contributed by atoms with van der Waals surface area (Å²) in [5.74, 6) is 0. The fourth-order valence-electron chi connectivity index (χ4n) is 4.67. The van der Waals surface area contributed by atoms with E-state index in [9.17, 15) is 0 Å². The summed E-state index contributed by atoms with van der Waals surface area (Å²) in [6, 6.07) is 9.33. The Bertz CT molecular complexity index is 574. The number of hydrogen-bond donors (Lipinski definition) is 2. The third-order valence-corrected chi connectivity index (χ3v) is 6.71. The number of likely N-dealkylation sites (tertiary alicyclic amines) is 2. The lowest BCUT2D eigenvalue weighted by atomic mass is 9.98. The van der Waals surface area contributed by atoms with Crippen LogP contribution in [0, 0.1) is 0 Å². The Morgan fingerprint density at radius 1 is 1.03 bits per heavy atom. The van der Waals surface area contributed by atoms with Gasteiger partial charge in [-0.1, -0.05) is 36.2 Å². The van der Waals surface area contributed by atoms with Gasteiger partial charge in [0.05, 0.1) is 6.61 Å². The average molecular weight is 423 g/mol. The third-order valence-electron chi connectivity index (χ3n) is 6.36. The van der Waals surface area contributed by atoms with Gasteiger partial charge in [0.1, 0.15) is 0 Å². The van der Waals surface area contributed by atoms with Crippen molar-refractivity contribution in [2.24, 2.45) is 0 Å². The standard InChI is InChI=1S/C23H39ClN4O/c1-29-18-13-25-11-12-26-23(21-7-3-4-8-22(21)24)19-27-16-9-20(10-17-27)28-14-5-2-6-15-28/h3-4,7-8,20,23,25-26H,2,5-6,9-19H2,1H3. The quantitative estimate of drug-likeness (QED) is 0.536. The molecule has 164 valence electrons. The second kappa shape index (κ2) is 12.9. The molecular weight excluding hydrogens is 384 g/mol. The molecule has 0 aromatic heterocycles. The molecule has 1 aromatic rings. The van der Waals surface area contributed by atoms with E-state index in [0.717, 1.165) is 43.9 Å². The summed E-state index contributed by atoms with van der Waals surface area (Å²) in [6.07, 6.45) is 6.79. The maximum absolute atomic E-state index is 6.55. The Morgan fingerprint density at radius 2 is 1.79 bits per heavy atom. The summed E-state index contributed by atoms with van der Waals surface area (Å²) in [7, 11) is 1.74. The molecule has 5 nitrogen and oxygen atoms in total. The Kier molecular flexibility index (Phi) is 10.2. The van der Waals surface area contributed by atoms with Gasteiger partial charge in [0, 0.05) is 50.4 Å². The minimum Gasteiger partial charge on any atom is -0.383 e. The maximum Gasteiger partial charge on any atom is 0.0587 e. The molecule has 2 saturated heterocycles. The Morgan fingerprint density at radius 3 is 2.52 bits per heavy atom. The number of benzene rings is 1. The highest BCUT2D eigenvalue weighted by atomic mass is 35.5. The van der Waals surface area contributed by atoms with Crippen molar-refractivity contribution in [1.29, 1.82) is 0 Å². The Hall–Kier alpha value is -0.690. The van der Waals surface area contributed by atoms with Crippen molar-refractivity contribution in [3.8, 4) is 0 Å². The number of ether oxygens (including phenoxy) is 1. The van der Waals surface area contributed by atoms with E-state index >= 15 is 0 Å². The molecule has 29 heavy (non-hydrogen) atoms. The minimum absolute atomic E-state index is 0.263. The zero-order valence-electron chi connectivity index (χ0n) is 18.0. The first kappa shape index (κ1) is 23.0. The molecule has 0 radical (unpaired) electrons. The lowest BCUT2D eigenvalue weighted by Crippen LogP contribution is -2.48. The summed E-state index contributed by atoms with van der Waals surface area (Å²) in [4.78, 5) is 5.37. The first-order valence-corrected chi connectivity index (χ1v) is 11.8. The monoisotopic (exact) mass is 422 g/mol. The molecule has 2 N–H and O–H groups in total. The van der Waals surface area contributed by atoms with Gasteiger partial charge < -0.3 is 25.2 Å². The van der Waals surface area contributed by atoms with Crippen LogP contribution >= 0.6 is 11.6 Å². The molecule has 2 fully saturated rings. The van der Waals surface area contributed by atoms with E-state index in [0.29, 0.717) is 0 Å². The fourth-order valence-corrected chi connectivity index (χ4v) is 4.94. The van der Waals surface area contributed by atoms with Gasteiger partial charge >= 0.3 is 0 Å². The molecule has 2 heterocycles. The van der Waals surface area contributed by atoms with Crippen LogP contribution in [0.4, 0.5) is 0 Å². The van der Waals surface area contributed by atoms with Crippen LogP contribution in [0.15, 0.2) is 24.3 Å². The van der Waals surface area contributed by atoms with Crippen LogP contribution in [-0.4, -0.2) is 81.9 Å². The lowest BCUT2D eigenvalue weighted by Gasteiger charge is -2.41. The summed E-state index contributed by atoms with van der Waals surface area (Å²) < 4.78 is 5.10. The first-order valence-electron chi connectivity index (χ1n) is 11.4. The number of methoxy groups -OCH3 is 1. The SMILES string of the molecule is COCCNCCNC(CN1CCC(N2CCCCC2)CC1)c1ccccc1Cl. The van der Waals surface area contributed by atoms with E-state index in [-0.39, 0.29) is 6.04 Å². The van der Waals surface area contributed by atoms with Gasteiger partial charge in [0.15, 0.2) is 0 Å². The molecule has 0 saturated carbocycles. The smallest absolute Gasteiger partial charge is 0.0587 e. The largest absolute Gasteiger partial charge is 0.383 e. The number of nitrogens with zero attached hydrogens (tertiary/aromatic N) is 2. The Labute approximate surface area is 182 Å². The van der Waals surface area contributed by atoms with Crippen molar-refractivity contribution in [2.45, 2.75) is 44.2 Å². The van der Waals surface area contributed by atoms with Crippen LogP contribution in [0.2, 0.25) is 5.02 Å². The van der Waals surface area contributed by atoms with Crippen LogP contribution in [0.3, 0.4) is 0 Å². The highest BCUT2D eigenvalue weighted by Crippen LogP contribution is 2.26. The van der Waals surface area contributed by atoms with E-state index < -0.39 is 0 Å². The fraction of sp³-hybridized carbons (Fsp3) is 0.739. The molecule has 2 aliphatic heterocycles. The van der Waals surface area contributed by atoms with Crippen LogP contribution in [0.25, 0.3) is 0 Å². The predicted molar refractivity (Wildman–Crippen MR) is 122 cm³/mol. The minimum atomic E-state index is 0.263. The van der Waals surface area contributed by atoms with Gasteiger partial charge in [-0.25, -0.2) is 0 Å². The molecule has 0 amide bonds. The van der Waals surface area contributed by atoms with Gasteiger partial charge in [-0.15, -0.1) is 0 Å². The summed E-state index contributed by atoms with van der Waals surface area (Å²) in [5, 5.41) is 8.01. The molecule has 0 spiro atoms. The van der Waals surface area contributed by atoms with E-state index in [4.69, 9.17) is 16.3 Å². The van der Waals surface area contributed by atoms with Crippen molar-refractivity contribution < 1.29 is 4.74 Å². The van der Waals surface area contributed by atoms with E-state index in [1.807, 2.05) is 12.1 Å². The second-order valence-electron chi connectivity index (χ2n) is 8.40. The first-order chi connectivity index (χ1) is 14.3. The summed E-state index contributed by atoms with van der Waals surface area (Å²) in [6.45, 7) is 9.51. The van der Waals surface area contributed by atoms with Crippen LogP contribution < -0.4 is 10.6 Å². The van der Waals surface area contributed by atoms with Gasteiger partial charge in [0.25, 0.3) is 0 Å². The van der Waals surface area contributed by atoms with Gasteiger partial charge in [-0.3, -0.25) is 0 Å². The summed E-state index contributed by atoms with van der Waals surface area (Å²) in [5.41, 5.74) is 1.21.